The molecule has 0 radical (unpaired) electrons. The van der Waals surface area contributed by atoms with Gasteiger partial charge in [-0.25, -0.2) is 0 Å². The molecule has 3 nitrogen and oxygen atoms in total. The van der Waals surface area contributed by atoms with Crippen LogP contribution in [0, 0.1) is 0 Å². The number of anilines is 1. The highest BCUT2D eigenvalue weighted by Crippen LogP contribution is 2.42. The van der Waals surface area contributed by atoms with Crippen LogP contribution >= 0.6 is 38.9 Å². The minimum absolute atomic E-state index is 0.369. The van der Waals surface area contributed by atoms with Gasteiger partial charge in [-0.1, -0.05) is 28.9 Å². The summed E-state index contributed by atoms with van der Waals surface area (Å²) >= 11 is 11.3. The molecule has 0 aliphatic carbocycles. The number of nitrogens with zero attached hydrogens (tertiary/aromatic N) is 1. The second kappa shape index (κ2) is 5.00. The Kier molecular flexibility index (Phi) is 3.35. The monoisotopic (exact) mass is 354 g/mol. The van der Waals surface area contributed by atoms with Crippen molar-refractivity contribution in [2.75, 3.05) is 5.73 Å². The molecule has 0 amide bonds. The fourth-order valence-electron chi connectivity index (χ4n) is 1.82. The highest BCUT2D eigenvalue weighted by atomic mass is 79.9. The number of nitrogen functional groups attached to an aromatic ring is 1. The van der Waals surface area contributed by atoms with Gasteiger partial charge in [0, 0.05) is 14.9 Å². The summed E-state index contributed by atoms with van der Waals surface area (Å²) in [5.74, 6) is 0.958. The Hall–Kier alpha value is -1.30. The molecule has 0 aliphatic heterocycles. The number of benzene rings is 1. The van der Waals surface area contributed by atoms with Gasteiger partial charge in [-0.2, -0.15) is 0 Å². The van der Waals surface area contributed by atoms with Gasteiger partial charge < -0.3 is 10.3 Å². The van der Waals surface area contributed by atoms with E-state index in [9.17, 15) is 0 Å². The van der Waals surface area contributed by atoms with Crippen LogP contribution in [0.4, 0.5) is 5.82 Å². The van der Waals surface area contributed by atoms with Gasteiger partial charge in [0.25, 0.3) is 0 Å². The van der Waals surface area contributed by atoms with Crippen molar-refractivity contribution >= 4 is 44.7 Å². The van der Waals surface area contributed by atoms with E-state index in [1.807, 2.05) is 35.7 Å². The lowest BCUT2D eigenvalue weighted by Crippen LogP contribution is -1.87. The largest absolute Gasteiger partial charge is 0.380 e. The van der Waals surface area contributed by atoms with Crippen molar-refractivity contribution in [3.63, 3.8) is 0 Å². The molecule has 0 saturated carbocycles. The van der Waals surface area contributed by atoms with Crippen molar-refractivity contribution in [2.45, 2.75) is 0 Å². The fraction of sp³-hybridized carbons (Fsp3) is 0. The molecule has 96 valence electrons. The van der Waals surface area contributed by atoms with Crippen LogP contribution in [-0.4, -0.2) is 5.16 Å². The molecule has 3 aromatic rings. The highest BCUT2D eigenvalue weighted by molar-refractivity contribution is 9.10. The van der Waals surface area contributed by atoms with Gasteiger partial charge in [0.15, 0.2) is 11.6 Å². The van der Waals surface area contributed by atoms with Gasteiger partial charge in [-0.15, -0.1) is 11.3 Å². The van der Waals surface area contributed by atoms with Crippen LogP contribution in [0.5, 0.6) is 0 Å². The van der Waals surface area contributed by atoms with Gasteiger partial charge in [0.05, 0.1) is 10.6 Å². The zero-order valence-corrected chi connectivity index (χ0v) is 12.7. The molecule has 0 fully saturated rings. The van der Waals surface area contributed by atoms with Gasteiger partial charge in [-0.3, -0.25) is 0 Å². The first kappa shape index (κ1) is 12.7. The van der Waals surface area contributed by atoms with Crippen molar-refractivity contribution in [3.05, 3.63) is 45.2 Å². The van der Waals surface area contributed by atoms with E-state index in [0.29, 0.717) is 16.6 Å². The molecule has 0 spiro atoms. The number of hydrogen-bond donors (Lipinski definition) is 1. The molecular formula is C13H8BrClN2OS. The Morgan fingerprint density at radius 2 is 2.11 bits per heavy atom. The summed E-state index contributed by atoms with van der Waals surface area (Å²) in [6, 6.07) is 9.57. The third-order valence-electron chi connectivity index (χ3n) is 2.68. The topological polar surface area (TPSA) is 52.0 Å². The van der Waals surface area contributed by atoms with Crippen LogP contribution in [0.2, 0.25) is 5.02 Å². The molecule has 0 atom stereocenters. The number of rotatable bonds is 2. The van der Waals surface area contributed by atoms with Gasteiger partial charge in [0.2, 0.25) is 0 Å². The maximum atomic E-state index is 6.30. The highest BCUT2D eigenvalue weighted by Gasteiger charge is 2.20. The lowest BCUT2D eigenvalue weighted by atomic mass is 10.1. The van der Waals surface area contributed by atoms with E-state index in [-0.39, 0.29) is 0 Å². The van der Waals surface area contributed by atoms with Gasteiger partial charge >= 0.3 is 0 Å². The first-order chi connectivity index (χ1) is 9.18. The predicted octanol–water partition coefficient (Wildman–Crippen LogP) is 5.07. The third-order valence-corrected chi connectivity index (χ3v) is 4.87. The standard InChI is InChI=1S/C13H8BrClN2OS/c14-8-4-1-3-7(11(8)15)12-10(13(16)17-18-12)9-5-2-6-19-9/h1-6H,(H2,16,17). The first-order valence-electron chi connectivity index (χ1n) is 5.42. The molecule has 0 saturated heterocycles. The lowest BCUT2D eigenvalue weighted by molar-refractivity contribution is 0.436. The Bertz CT molecular complexity index is 724. The number of hydrogen-bond acceptors (Lipinski definition) is 4. The van der Waals surface area contributed by atoms with Crippen LogP contribution in [0.25, 0.3) is 21.8 Å². The Balaban J connectivity index is 2.25. The normalized spacial score (nSPS) is 10.8. The number of thiophene rings is 1. The van der Waals surface area contributed by atoms with Crippen LogP contribution in [0.1, 0.15) is 0 Å². The van der Waals surface area contributed by atoms with Crippen LogP contribution < -0.4 is 5.73 Å². The molecule has 2 heterocycles. The summed E-state index contributed by atoms with van der Waals surface area (Å²) in [5.41, 5.74) is 7.46. The van der Waals surface area contributed by atoms with Crippen molar-refractivity contribution in [1.82, 2.24) is 5.16 Å². The van der Waals surface area contributed by atoms with Crippen molar-refractivity contribution in [3.8, 4) is 21.8 Å². The summed E-state index contributed by atoms with van der Waals surface area (Å²) in [6.07, 6.45) is 0. The molecule has 6 heteroatoms. The Morgan fingerprint density at radius 3 is 2.84 bits per heavy atom. The minimum Gasteiger partial charge on any atom is -0.380 e. The van der Waals surface area contributed by atoms with E-state index in [1.54, 1.807) is 11.3 Å². The average Bonchev–Trinajstić information content (AvgIpc) is 3.02. The van der Waals surface area contributed by atoms with E-state index >= 15 is 0 Å². The maximum Gasteiger partial charge on any atom is 0.179 e. The maximum absolute atomic E-state index is 6.30. The van der Waals surface area contributed by atoms with Crippen molar-refractivity contribution < 1.29 is 4.52 Å². The van der Waals surface area contributed by atoms with E-state index in [0.717, 1.165) is 20.5 Å². The molecule has 2 aromatic heterocycles. The fourth-order valence-corrected chi connectivity index (χ4v) is 3.18. The van der Waals surface area contributed by atoms with Crippen LogP contribution in [0.3, 0.4) is 0 Å². The number of halogens is 2. The van der Waals surface area contributed by atoms with E-state index in [4.69, 9.17) is 21.9 Å². The van der Waals surface area contributed by atoms with Crippen LogP contribution in [-0.2, 0) is 0 Å². The molecule has 0 bridgehead atoms. The lowest BCUT2D eigenvalue weighted by Gasteiger charge is -2.04. The number of nitrogens with two attached hydrogens (primary N) is 1. The third kappa shape index (κ3) is 2.18. The van der Waals surface area contributed by atoms with Gasteiger partial charge in [0.1, 0.15) is 0 Å². The van der Waals surface area contributed by atoms with Crippen molar-refractivity contribution in [2.24, 2.45) is 0 Å². The summed E-state index contributed by atoms with van der Waals surface area (Å²) in [5, 5.41) is 6.42. The zero-order chi connectivity index (χ0) is 13.4. The van der Waals surface area contributed by atoms with E-state index in [2.05, 4.69) is 21.1 Å². The van der Waals surface area contributed by atoms with E-state index < -0.39 is 0 Å². The molecule has 0 unspecified atom stereocenters. The second-order valence-corrected chi connectivity index (χ2v) is 6.03. The minimum atomic E-state index is 0.369. The SMILES string of the molecule is Nc1noc(-c2cccc(Br)c2Cl)c1-c1cccs1. The van der Waals surface area contributed by atoms with Gasteiger partial charge in [-0.05, 0) is 39.5 Å². The van der Waals surface area contributed by atoms with Crippen LogP contribution in [0.15, 0.2) is 44.7 Å². The number of aromatic nitrogens is 1. The van der Waals surface area contributed by atoms with Crippen molar-refractivity contribution in [1.29, 1.82) is 0 Å². The first-order valence-corrected chi connectivity index (χ1v) is 7.47. The molecule has 1 aromatic carbocycles. The summed E-state index contributed by atoms with van der Waals surface area (Å²) in [4.78, 5) is 1.00. The average molecular weight is 356 g/mol. The molecule has 3 rings (SSSR count). The molecule has 2 N–H and O–H groups in total. The second-order valence-electron chi connectivity index (χ2n) is 3.85. The summed E-state index contributed by atoms with van der Waals surface area (Å²) in [7, 11) is 0. The molecular weight excluding hydrogens is 348 g/mol. The van der Waals surface area contributed by atoms with E-state index in [1.165, 1.54) is 0 Å². The molecule has 0 aliphatic rings. The Morgan fingerprint density at radius 1 is 1.26 bits per heavy atom. The zero-order valence-electron chi connectivity index (χ0n) is 9.56. The summed E-state index contributed by atoms with van der Waals surface area (Å²) < 4.78 is 6.17. The molecule has 19 heavy (non-hydrogen) atoms. The predicted molar refractivity (Wildman–Crippen MR) is 82.4 cm³/mol. The quantitative estimate of drug-likeness (QED) is 0.698. The smallest absolute Gasteiger partial charge is 0.179 e. The Labute approximate surface area is 127 Å². The summed E-state index contributed by atoms with van der Waals surface area (Å²) in [6.45, 7) is 0.